The predicted octanol–water partition coefficient (Wildman–Crippen LogP) is 0.503. The molecular weight excluding hydrogens is 242 g/mol. The van der Waals surface area contributed by atoms with E-state index in [0.29, 0.717) is 12.5 Å². The van der Waals surface area contributed by atoms with Crippen LogP contribution in [-0.4, -0.2) is 48.9 Å². The van der Waals surface area contributed by atoms with Crippen LogP contribution in [0.1, 0.15) is 39.0 Å². The van der Waals surface area contributed by atoms with E-state index in [1.165, 1.54) is 13.3 Å². The Morgan fingerprint density at radius 2 is 2.11 bits per heavy atom. The summed E-state index contributed by atoms with van der Waals surface area (Å²) in [7, 11) is 0. The van der Waals surface area contributed by atoms with Crippen molar-refractivity contribution in [2.24, 2.45) is 5.92 Å². The summed E-state index contributed by atoms with van der Waals surface area (Å²) in [5.74, 6) is 0.676. The van der Waals surface area contributed by atoms with Crippen LogP contribution in [0, 0.1) is 5.92 Å². The summed E-state index contributed by atoms with van der Waals surface area (Å²) in [4.78, 5) is 25.3. The third-order valence-electron chi connectivity index (χ3n) is 4.08. The molecular formula is C14H25N3O2. The van der Waals surface area contributed by atoms with Gasteiger partial charge in [-0.1, -0.05) is 6.42 Å². The second kappa shape index (κ2) is 6.89. The summed E-state index contributed by atoms with van der Waals surface area (Å²) in [6, 6.07) is 0.0215. The lowest BCUT2D eigenvalue weighted by atomic mass is 9.96. The summed E-state index contributed by atoms with van der Waals surface area (Å²) < 4.78 is 0. The van der Waals surface area contributed by atoms with Gasteiger partial charge in [0.2, 0.25) is 11.8 Å². The van der Waals surface area contributed by atoms with Crippen molar-refractivity contribution in [3.63, 3.8) is 0 Å². The van der Waals surface area contributed by atoms with Crippen LogP contribution >= 0.6 is 0 Å². The Morgan fingerprint density at radius 1 is 1.26 bits per heavy atom. The zero-order chi connectivity index (χ0) is 13.7. The van der Waals surface area contributed by atoms with Crippen LogP contribution in [0.5, 0.6) is 0 Å². The largest absolute Gasteiger partial charge is 0.356 e. The molecule has 0 saturated carbocycles. The molecule has 2 aliphatic rings. The standard InChI is InChI=1S/C14H25N3O2/c1-11(18)16-9-12-5-4-8-17(10-12)14(19)13-6-2-3-7-15-13/h12-13,15H,2-10H2,1H3,(H,16,18). The average Bonchev–Trinajstić information content (AvgIpc) is 2.45. The van der Waals surface area contributed by atoms with Crippen molar-refractivity contribution in [3.05, 3.63) is 0 Å². The SMILES string of the molecule is CC(=O)NCC1CCCN(C(=O)C2CCCCN2)C1. The maximum atomic E-state index is 12.4. The molecule has 0 radical (unpaired) electrons. The second-order valence-electron chi connectivity index (χ2n) is 5.73. The van der Waals surface area contributed by atoms with E-state index in [1.807, 2.05) is 4.90 Å². The Kier molecular flexibility index (Phi) is 5.19. The Morgan fingerprint density at radius 3 is 2.79 bits per heavy atom. The van der Waals surface area contributed by atoms with E-state index in [9.17, 15) is 9.59 Å². The number of piperidine rings is 2. The first kappa shape index (κ1) is 14.3. The monoisotopic (exact) mass is 267 g/mol. The minimum atomic E-state index is 0.0115. The number of hydrogen-bond acceptors (Lipinski definition) is 3. The van der Waals surface area contributed by atoms with Gasteiger partial charge in [-0.3, -0.25) is 9.59 Å². The molecule has 0 bridgehead atoms. The number of nitrogens with zero attached hydrogens (tertiary/aromatic N) is 1. The fraction of sp³-hybridized carbons (Fsp3) is 0.857. The van der Waals surface area contributed by atoms with Gasteiger partial charge in [0.1, 0.15) is 0 Å². The first-order valence-corrected chi connectivity index (χ1v) is 7.43. The molecule has 5 heteroatoms. The molecule has 0 aromatic rings. The van der Waals surface area contributed by atoms with E-state index in [0.717, 1.165) is 45.3 Å². The van der Waals surface area contributed by atoms with Gasteiger partial charge in [0, 0.05) is 26.6 Å². The second-order valence-corrected chi connectivity index (χ2v) is 5.73. The zero-order valence-corrected chi connectivity index (χ0v) is 11.8. The Hall–Kier alpha value is -1.10. The number of carbonyl (C=O) groups is 2. The highest BCUT2D eigenvalue weighted by atomic mass is 16.2. The van der Waals surface area contributed by atoms with Crippen molar-refractivity contribution >= 4 is 11.8 Å². The molecule has 2 fully saturated rings. The molecule has 19 heavy (non-hydrogen) atoms. The third kappa shape index (κ3) is 4.20. The molecule has 2 heterocycles. The number of amides is 2. The van der Waals surface area contributed by atoms with Gasteiger partial charge in [-0.05, 0) is 38.1 Å². The van der Waals surface area contributed by atoms with Crippen molar-refractivity contribution in [1.82, 2.24) is 15.5 Å². The van der Waals surface area contributed by atoms with Crippen molar-refractivity contribution in [3.8, 4) is 0 Å². The Bertz CT molecular complexity index is 327. The van der Waals surface area contributed by atoms with Crippen LogP contribution in [0.25, 0.3) is 0 Å². The van der Waals surface area contributed by atoms with E-state index in [1.54, 1.807) is 0 Å². The van der Waals surface area contributed by atoms with Gasteiger partial charge in [0.15, 0.2) is 0 Å². The van der Waals surface area contributed by atoms with E-state index < -0.39 is 0 Å². The summed E-state index contributed by atoms with van der Waals surface area (Å²) in [6.45, 7) is 4.85. The fourth-order valence-electron chi connectivity index (χ4n) is 3.00. The third-order valence-corrected chi connectivity index (χ3v) is 4.08. The zero-order valence-electron chi connectivity index (χ0n) is 11.8. The van der Waals surface area contributed by atoms with E-state index in [2.05, 4.69) is 10.6 Å². The molecule has 2 atom stereocenters. The van der Waals surface area contributed by atoms with Gasteiger partial charge in [-0.2, -0.15) is 0 Å². The van der Waals surface area contributed by atoms with Crippen LogP contribution in [0.3, 0.4) is 0 Å². The highest BCUT2D eigenvalue weighted by molar-refractivity contribution is 5.82. The Labute approximate surface area is 115 Å². The summed E-state index contributed by atoms with van der Waals surface area (Å²) in [5.41, 5.74) is 0. The van der Waals surface area contributed by atoms with Crippen molar-refractivity contribution in [2.45, 2.75) is 45.1 Å². The molecule has 0 aromatic carbocycles. The van der Waals surface area contributed by atoms with Gasteiger partial charge >= 0.3 is 0 Å². The number of hydrogen-bond donors (Lipinski definition) is 2. The van der Waals surface area contributed by atoms with Gasteiger partial charge in [-0.15, -0.1) is 0 Å². The fourth-order valence-corrected chi connectivity index (χ4v) is 3.00. The van der Waals surface area contributed by atoms with Crippen LogP contribution < -0.4 is 10.6 Å². The predicted molar refractivity (Wildman–Crippen MR) is 73.6 cm³/mol. The van der Waals surface area contributed by atoms with E-state index in [4.69, 9.17) is 0 Å². The Balaban J connectivity index is 1.82. The molecule has 2 amide bonds. The maximum absolute atomic E-state index is 12.4. The van der Waals surface area contributed by atoms with Crippen LogP contribution in [0.4, 0.5) is 0 Å². The van der Waals surface area contributed by atoms with Gasteiger partial charge < -0.3 is 15.5 Å². The lowest BCUT2D eigenvalue weighted by molar-refractivity contribution is -0.135. The first-order chi connectivity index (χ1) is 9.16. The lowest BCUT2D eigenvalue weighted by Gasteiger charge is -2.36. The molecule has 5 nitrogen and oxygen atoms in total. The minimum Gasteiger partial charge on any atom is -0.356 e. The summed E-state index contributed by atoms with van der Waals surface area (Å²) in [6.07, 6.45) is 5.43. The number of nitrogens with one attached hydrogen (secondary N) is 2. The quantitative estimate of drug-likeness (QED) is 0.783. The van der Waals surface area contributed by atoms with Crippen molar-refractivity contribution in [1.29, 1.82) is 0 Å². The van der Waals surface area contributed by atoms with E-state index in [-0.39, 0.29) is 17.9 Å². The topological polar surface area (TPSA) is 61.4 Å². The summed E-state index contributed by atoms with van der Waals surface area (Å²) in [5, 5.41) is 6.18. The van der Waals surface area contributed by atoms with E-state index >= 15 is 0 Å². The smallest absolute Gasteiger partial charge is 0.239 e. The number of rotatable bonds is 3. The average molecular weight is 267 g/mol. The maximum Gasteiger partial charge on any atom is 0.239 e. The van der Waals surface area contributed by atoms with Crippen LogP contribution in [0.2, 0.25) is 0 Å². The lowest BCUT2D eigenvalue weighted by Crippen LogP contribution is -2.52. The first-order valence-electron chi connectivity index (χ1n) is 7.43. The molecule has 2 rings (SSSR count). The molecule has 2 unspecified atom stereocenters. The van der Waals surface area contributed by atoms with Gasteiger partial charge in [0.05, 0.1) is 6.04 Å². The van der Waals surface area contributed by atoms with Crippen LogP contribution in [-0.2, 0) is 9.59 Å². The molecule has 0 aliphatic carbocycles. The number of likely N-dealkylation sites (tertiary alicyclic amines) is 1. The summed E-state index contributed by atoms with van der Waals surface area (Å²) >= 11 is 0. The normalized spacial score (nSPS) is 27.9. The van der Waals surface area contributed by atoms with Gasteiger partial charge in [-0.25, -0.2) is 0 Å². The highest BCUT2D eigenvalue weighted by Crippen LogP contribution is 2.18. The molecule has 2 aliphatic heterocycles. The van der Waals surface area contributed by atoms with Crippen LogP contribution in [0.15, 0.2) is 0 Å². The minimum absolute atomic E-state index is 0.0115. The molecule has 2 N–H and O–H groups in total. The number of carbonyl (C=O) groups excluding carboxylic acids is 2. The molecule has 2 saturated heterocycles. The molecule has 0 aromatic heterocycles. The van der Waals surface area contributed by atoms with Crippen molar-refractivity contribution in [2.75, 3.05) is 26.2 Å². The highest BCUT2D eigenvalue weighted by Gasteiger charge is 2.29. The molecule has 0 spiro atoms. The van der Waals surface area contributed by atoms with Crippen molar-refractivity contribution < 1.29 is 9.59 Å². The molecule has 108 valence electrons. The van der Waals surface area contributed by atoms with Gasteiger partial charge in [0.25, 0.3) is 0 Å².